The molecule has 0 heterocycles. The summed E-state index contributed by atoms with van der Waals surface area (Å²) in [5.41, 5.74) is 2.72. The molecule has 1 atom stereocenters. The zero-order valence-electron chi connectivity index (χ0n) is 12.0. The molecule has 0 aliphatic rings. The topological polar surface area (TPSA) is 40.5 Å². The van der Waals surface area contributed by atoms with Crippen LogP contribution in [0.15, 0.2) is 36.4 Å². The van der Waals surface area contributed by atoms with Gasteiger partial charge in [-0.15, -0.1) is 11.6 Å². The SMILES string of the molecule is C=C(C)C(=O)O.CC(c1ccccc1CCl)N(C)C. The molecule has 3 nitrogen and oxygen atoms in total. The fourth-order valence-corrected chi connectivity index (χ4v) is 1.59. The molecule has 0 spiro atoms. The van der Waals surface area contributed by atoms with E-state index < -0.39 is 5.97 Å². The molecule has 0 saturated carbocycles. The number of halogens is 1. The first-order chi connectivity index (χ1) is 8.81. The number of carbonyl (C=O) groups is 1. The van der Waals surface area contributed by atoms with Crippen LogP contribution in [-0.4, -0.2) is 30.1 Å². The summed E-state index contributed by atoms with van der Waals surface area (Å²) in [6, 6.07) is 8.75. The van der Waals surface area contributed by atoms with Gasteiger partial charge in [-0.3, -0.25) is 0 Å². The Bertz CT molecular complexity index is 418. The van der Waals surface area contributed by atoms with Gasteiger partial charge in [-0.2, -0.15) is 0 Å². The first-order valence-electron chi connectivity index (χ1n) is 6.00. The van der Waals surface area contributed by atoms with Crippen LogP contribution in [0.3, 0.4) is 0 Å². The molecule has 1 aromatic rings. The highest BCUT2D eigenvalue weighted by atomic mass is 35.5. The number of hydrogen-bond donors (Lipinski definition) is 1. The second-order valence-corrected chi connectivity index (χ2v) is 4.82. The van der Waals surface area contributed by atoms with Crippen LogP contribution in [0, 0.1) is 0 Å². The van der Waals surface area contributed by atoms with Crippen LogP contribution in [-0.2, 0) is 10.7 Å². The summed E-state index contributed by atoms with van der Waals surface area (Å²) in [4.78, 5) is 11.8. The van der Waals surface area contributed by atoms with Gasteiger partial charge in [-0.1, -0.05) is 30.8 Å². The van der Waals surface area contributed by atoms with Crippen molar-refractivity contribution in [3.63, 3.8) is 0 Å². The van der Waals surface area contributed by atoms with Gasteiger partial charge in [-0.05, 0) is 39.1 Å². The number of nitrogens with zero attached hydrogens (tertiary/aromatic N) is 1. The molecular weight excluding hydrogens is 262 g/mol. The number of carboxylic acids is 1. The third kappa shape index (κ3) is 6.41. The molecule has 106 valence electrons. The molecular formula is C15H22ClNO2. The van der Waals surface area contributed by atoms with E-state index in [9.17, 15) is 4.79 Å². The van der Waals surface area contributed by atoms with E-state index in [1.54, 1.807) is 0 Å². The number of alkyl halides is 1. The van der Waals surface area contributed by atoms with Crippen LogP contribution >= 0.6 is 11.6 Å². The normalized spacial score (nSPS) is 11.5. The lowest BCUT2D eigenvalue weighted by atomic mass is 10.0. The van der Waals surface area contributed by atoms with Crippen molar-refractivity contribution < 1.29 is 9.90 Å². The first-order valence-corrected chi connectivity index (χ1v) is 6.53. The molecule has 1 N–H and O–H groups in total. The van der Waals surface area contributed by atoms with Gasteiger partial charge in [0.25, 0.3) is 0 Å². The van der Waals surface area contributed by atoms with Crippen LogP contribution in [0.5, 0.6) is 0 Å². The minimum Gasteiger partial charge on any atom is -0.478 e. The van der Waals surface area contributed by atoms with E-state index in [0.717, 1.165) is 0 Å². The van der Waals surface area contributed by atoms with Crippen LogP contribution in [0.4, 0.5) is 0 Å². The quantitative estimate of drug-likeness (QED) is 0.677. The van der Waals surface area contributed by atoms with Crippen molar-refractivity contribution in [3.8, 4) is 0 Å². The predicted molar refractivity (Wildman–Crippen MR) is 80.6 cm³/mol. The average molecular weight is 284 g/mol. The van der Waals surface area contributed by atoms with Gasteiger partial charge in [0.05, 0.1) is 0 Å². The van der Waals surface area contributed by atoms with Crippen LogP contribution in [0.25, 0.3) is 0 Å². The van der Waals surface area contributed by atoms with Crippen molar-refractivity contribution in [1.82, 2.24) is 4.90 Å². The molecule has 0 aliphatic heterocycles. The monoisotopic (exact) mass is 283 g/mol. The van der Waals surface area contributed by atoms with E-state index in [2.05, 4.69) is 50.7 Å². The second kappa shape index (κ2) is 8.73. The van der Waals surface area contributed by atoms with E-state index in [1.165, 1.54) is 18.1 Å². The van der Waals surface area contributed by atoms with Gasteiger partial charge < -0.3 is 10.0 Å². The molecule has 0 aromatic heterocycles. The number of benzene rings is 1. The van der Waals surface area contributed by atoms with Crippen molar-refractivity contribution in [2.45, 2.75) is 25.8 Å². The number of hydrogen-bond acceptors (Lipinski definition) is 2. The zero-order chi connectivity index (χ0) is 15.0. The van der Waals surface area contributed by atoms with Gasteiger partial charge in [0.1, 0.15) is 0 Å². The molecule has 0 aliphatic carbocycles. The van der Waals surface area contributed by atoms with Crippen LogP contribution < -0.4 is 0 Å². The van der Waals surface area contributed by atoms with Crippen LogP contribution in [0.1, 0.15) is 31.0 Å². The maximum absolute atomic E-state index is 9.60. The Kier molecular flexibility index (Phi) is 8.12. The van der Waals surface area contributed by atoms with E-state index >= 15 is 0 Å². The maximum Gasteiger partial charge on any atom is 0.330 e. The van der Waals surface area contributed by atoms with Gasteiger partial charge in [0.2, 0.25) is 0 Å². The Labute approximate surface area is 120 Å². The van der Waals surface area contributed by atoms with E-state index in [0.29, 0.717) is 11.9 Å². The third-order valence-corrected chi connectivity index (χ3v) is 3.08. The highest BCUT2D eigenvalue weighted by molar-refractivity contribution is 6.17. The maximum atomic E-state index is 9.60. The van der Waals surface area contributed by atoms with E-state index in [-0.39, 0.29) is 5.57 Å². The standard InChI is InChI=1S/C11H16ClN.C4H6O2/c1-9(13(2)3)11-7-5-4-6-10(11)8-12;1-3(2)4(5)6/h4-7,9H,8H2,1-3H3;1H2,2H3,(H,5,6). The van der Waals surface area contributed by atoms with Crippen molar-refractivity contribution in [2.24, 2.45) is 0 Å². The second-order valence-electron chi connectivity index (χ2n) is 4.56. The van der Waals surface area contributed by atoms with Crippen molar-refractivity contribution >= 4 is 17.6 Å². The third-order valence-electron chi connectivity index (χ3n) is 2.79. The Balaban J connectivity index is 0.000000459. The predicted octanol–water partition coefficient (Wildman–Crippen LogP) is 3.70. The number of rotatable bonds is 4. The Morgan fingerprint density at radius 1 is 1.42 bits per heavy atom. The smallest absolute Gasteiger partial charge is 0.330 e. The lowest BCUT2D eigenvalue weighted by molar-refractivity contribution is -0.132. The number of aliphatic carboxylic acids is 1. The minimum absolute atomic E-state index is 0.176. The lowest BCUT2D eigenvalue weighted by Crippen LogP contribution is -2.17. The Hall–Kier alpha value is -1.32. The van der Waals surface area contributed by atoms with Crippen molar-refractivity contribution in [1.29, 1.82) is 0 Å². The molecule has 1 aromatic carbocycles. The lowest BCUT2D eigenvalue weighted by Gasteiger charge is -2.22. The minimum atomic E-state index is -0.935. The molecule has 1 unspecified atom stereocenters. The molecule has 4 heteroatoms. The summed E-state index contributed by atoms with van der Waals surface area (Å²) in [6.07, 6.45) is 0. The molecule has 1 rings (SSSR count). The van der Waals surface area contributed by atoms with Gasteiger partial charge in [0.15, 0.2) is 0 Å². The fraction of sp³-hybridized carbons (Fsp3) is 0.400. The van der Waals surface area contributed by atoms with Crippen LogP contribution in [0.2, 0.25) is 0 Å². The largest absolute Gasteiger partial charge is 0.478 e. The molecule has 0 saturated heterocycles. The zero-order valence-corrected chi connectivity index (χ0v) is 12.7. The Morgan fingerprint density at radius 3 is 2.26 bits per heavy atom. The summed E-state index contributed by atoms with van der Waals surface area (Å²) in [5.74, 6) is -0.344. The van der Waals surface area contributed by atoms with Gasteiger partial charge in [0, 0.05) is 17.5 Å². The van der Waals surface area contributed by atoms with E-state index in [4.69, 9.17) is 16.7 Å². The molecule has 19 heavy (non-hydrogen) atoms. The fourth-order valence-electron chi connectivity index (χ4n) is 1.34. The summed E-state index contributed by atoms with van der Waals surface area (Å²) in [6.45, 7) is 6.79. The summed E-state index contributed by atoms with van der Waals surface area (Å²) in [7, 11) is 4.16. The summed E-state index contributed by atoms with van der Waals surface area (Å²) in [5, 5.41) is 7.89. The van der Waals surface area contributed by atoms with E-state index in [1.807, 2.05) is 6.07 Å². The first kappa shape index (κ1) is 17.7. The van der Waals surface area contributed by atoms with Crippen molar-refractivity contribution in [3.05, 3.63) is 47.5 Å². The summed E-state index contributed by atoms with van der Waals surface area (Å²) < 4.78 is 0. The number of carboxylic acid groups (broad SMARTS) is 1. The highest BCUT2D eigenvalue weighted by Gasteiger charge is 2.10. The van der Waals surface area contributed by atoms with Gasteiger partial charge >= 0.3 is 5.97 Å². The molecule has 0 bridgehead atoms. The molecule has 0 fully saturated rings. The summed E-state index contributed by atoms with van der Waals surface area (Å²) >= 11 is 5.86. The molecule has 0 radical (unpaired) electrons. The van der Waals surface area contributed by atoms with Crippen molar-refractivity contribution in [2.75, 3.05) is 14.1 Å². The van der Waals surface area contributed by atoms with Gasteiger partial charge in [-0.25, -0.2) is 4.79 Å². The molecule has 0 amide bonds. The highest BCUT2D eigenvalue weighted by Crippen LogP contribution is 2.22. The Morgan fingerprint density at radius 2 is 1.89 bits per heavy atom. The average Bonchev–Trinajstić information content (AvgIpc) is 2.38.